The third-order valence-corrected chi connectivity index (χ3v) is 4.00. The summed E-state index contributed by atoms with van der Waals surface area (Å²) >= 11 is 0. The first-order chi connectivity index (χ1) is 12.3. The number of aromatic nitrogens is 2. The minimum atomic E-state index is -0.275. The maximum atomic E-state index is 12.4. The fourth-order valence-corrected chi connectivity index (χ4v) is 2.49. The predicted molar refractivity (Wildman–Crippen MR) is 104 cm³/mol. The number of nitrogens with zero attached hydrogens (tertiary/aromatic N) is 2. The van der Waals surface area contributed by atoms with E-state index >= 15 is 0 Å². The van der Waals surface area contributed by atoms with Gasteiger partial charge in [-0.1, -0.05) is 6.92 Å². The summed E-state index contributed by atoms with van der Waals surface area (Å²) in [6.07, 6.45) is 0.967. The average molecular weight is 357 g/mol. The van der Waals surface area contributed by atoms with Crippen molar-refractivity contribution in [1.29, 1.82) is 0 Å². The molecule has 0 spiro atoms. The van der Waals surface area contributed by atoms with Crippen LogP contribution in [0.1, 0.15) is 56.2 Å². The number of hydrogen-bond acceptors (Lipinski definition) is 3. The molecule has 1 atom stereocenters. The highest BCUT2D eigenvalue weighted by molar-refractivity contribution is 6.04. The first-order valence-electron chi connectivity index (χ1n) is 8.85. The van der Waals surface area contributed by atoms with Crippen LogP contribution in [-0.2, 0) is 0 Å². The van der Waals surface area contributed by atoms with Crippen LogP contribution >= 0.6 is 0 Å². The van der Waals surface area contributed by atoms with Crippen molar-refractivity contribution in [3.8, 4) is 0 Å². The second kappa shape index (κ2) is 8.51. The summed E-state index contributed by atoms with van der Waals surface area (Å²) in [7, 11) is 0. The quantitative estimate of drug-likeness (QED) is 0.731. The molecule has 3 N–H and O–H groups in total. The second-order valence-corrected chi connectivity index (χ2v) is 6.66. The highest BCUT2D eigenvalue weighted by Crippen LogP contribution is 2.17. The van der Waals surface area contributed by atoms with Crippen LogP contribution < -0.4 is 16.0 Å². The molecule has 0 radical (unpaired) electrons. The van der Waals surface area contributed by atoms with E-state index in [1.54, 1.807) is 24.3 Å². The van der Waals surface area contributed by atoms with E-state index in [1.165, 1.54) is 0 Å². The molecular weight excluding hydrogens is 330 g/mol. The van der Waals surface area contributed by atoms with Crippen molar-refractivity contribution in [2.45, 2.75) is 53.1 Å². The van der Waals surface area contributed by atoms with Crippen LogP contribution in [0.15, 0.2) is 30.3 Å². The molecule has 0 aliphatic rings. The van der Waals surface area contributed by atoms with Gasteiger partial charge in [-0.25, -0.2) is 4.79 Å². The molecule has 3 amide bonds. The van der Waals surface area contributed by atoms with E-state index in [-0.39, 0.29) is 24.0 Å². The lowest BCUT2D eigenvalue weighted by Crippen LogP contribution is -2.34. The van der Waals surface area contributed by atoms with E-state index in [1.807, 2.05) is 31.5 Å². The Bertz CT molecular complexity index is 765. The van der Waals surface area contributed by atoms with E-state index in [2.05, 4.69) is 34.9 Å². The summed E-state index contributed by atoms with van der Waals surface area (Å²) in [5, 5.41) is 12.7. The van der Waals surface area contributed by atoms with Crippen LogP contribution in [0.25, 0.3) is 0 Å². The molecule has 140 valence electrons. The lowest BCUT2D eigenvalue weighted by atomic mass is 10.2. The van der Waals surface area contributed by atoms with Crippen molar-refractivity contribution < 1.29 is 9.59 Å². The molecule has 7 nitrogen and oxygen atoms in total. The van der Waals surface area contributed by atoms with E-state index in [9.17, 15) is 9.59 Å². The first-order valence-corrected chi connectivity index (χ1v) is 8.85. The van der Waals surface area contributed by atoms with Gasteiger partial charge in [-0.15, -0.1) is 0 Å². The first kappa shape index (κ1) is 19.5. The van der Waals surface area contributed by atoms with Crippen molar-refractivity contribution >= 4 is 23.4 Å². The molecule has 1 aromatic carbocycles. The Labute approximate surface area is 154 Å². The second-order valence-electron chi connectivity index (χ2n) is 6.66. The Morgan fingerprint density at radius 2 is 1.77 bits per heavy atom. The number of aryl methyl sites for hydroxylation is 1. The molecule has 0 saturated carbocycles. The lowest BCUT2D eigenvalue weighted by molar-refractivity contribution is 0.102. The Hall–Kier alpha value is -2.83. The zero-order valence-electron chi connectivity index (χ0n) is 16.0. The van der Waals surface area contributed by atoms with E-state index in [4.69, 9.17) is 0 Å². The zero-order valence-corrected chi connectivity index (χ0v) is 16.0. The van der Waals surface area contributed by atoms with Crippen molar-refractivity contribution in [2.24, 2.45) is 0 Å². The third kappa shape index (κ3) is 5.08. The van der Waals surface area contributed by atoms with E-state index in [0.29, 0.717) is 17.1 Å². The minimum absolute atomic E-state index is 0.0544. The molecule has 0 aliphatic carbocycles. The summed E-state index contributed by atoms with van der Waals surface area (Å²) in [6, 6.07) is 8.63. The third-order valence-electron chi connectivity index (χ3n) is 4.00. The van der Waals surface area contributed by atoms with Gasteiger partial charge >= 0.3 is 6.03 Å². The molecule has 7 heteroatoms. The van der Waals surface area contributed by atoms with Crippen molar-refractivity contribution in [1.82, 2.24) is 15.1 Å². The van der Waals surface area contributed by atoms with Gasteiger partial charge in [-0.05, 0) is 58.4 Å². The highest BCUT2D eigenvalue weighted by atomic mass is 16.2. The van der Waals surface area contributed by atoms with Crippen LogP contribution in [0.4, 0.5) is 16.3 Å². The summed E-state index contributed by atoms with van der Waals surface area (Å²) < 4.78 is 1.91. The number of amides is 3. The number of rotatable bonds is 6. The molecule has 0 fully saturated rings. The van der Waals surface area contributed by atoms with Crippen molar-refractivity contribution in [2.75, 3.05) is 10.6 Å². The van der Waals surface area contributed by atoms with Crippen molar-refractivity contribution in [3.05, 3.63) is 41.6 Å². The molecule has 26 heavy (non-hydrogen) atoms. The summed E-state index contributed by atoms with van der Waals surface area (Å²) in [5.74, 6) is 0.295. The molecule has 2 rings (SSSR count). The van der Waals surface area contributed by atoms with Gasteiger partial charge in [0.25, 0.3) is 5.91 Å². The fourth-order valence-electron chi connectivity index (χ4n) is 2.49. The van der Waals surface area contributed by atoms with Gasteiger partial charge in [0.2, 0.25) is 0 Å². The van der Waals surface area contributed by atoms with Gasteiger partial charge in [0.05, 0.1) is 0 Å². The van der Waals surface area contributed by atoms with Crippen LogP contribution in [0.5, 0.6) is 0 Å². The van der Waals surface area contributed by atoms with Crippen molar-refractivity contribution in [3.63, 3.8) is 0 Å². The maximum Gasteiger partial charge on any atom is 0.319 e. The topological polar surface area (TPSA) is 88.1 Å². The lowest BCUT2D eigenvalue weighted by Gasteiger charge is -2.11. The van der Waals surface area contributed by atoms with Gasteiger partial charge in [0, 0.05) is 35.1 Å². The van der Waals surface area contributed by atoms with Crippen LogP contribution in [0, 0.1) is 6.92 Å². The normalized spacial score (nSPS) is 11.9. The zero-order chi connectivity index (χ0) is 19.3. The van der Waals surface area contributed by atoms with Gasteiger partial charge < -0.3 is 16.0 Å². The maximum absolute atomic E-state index is 12.4. The fraction of sp³-hybridized carbons (Fsp3) is 0.421. The Kier molecular flexibility index (Phi) is 6.38. The SMILES string of the molecule is CC[C@@H](C)n1nc(NC(=O)c2ccc(NC(=O)NC(C)C)cc2)cc1C. The smallest absolute Gasteiger partial charge is 0.319 e. The van der Waals surface area contributed by atoms with Gasteiger partial charge in [-0.3, -0.25) is 9.48 Å². The van der Waals surface area contributed by atoms with E-state index in [0.717, 1.165) is 12.1 Å². The molecule has 0 unspecified atom stereocenters. The Morgan fingerprint density at radius 1 is 1.12 bits per heavy atom. The summed E-state index contributed by atoms with van der Waals surface area (Å²) in [6.45, 7) is 9.93. The summed E-state index contributed by atoms with van der Waals surface area (Å²) in [4.78, 5) is 24.1. The molecule has 0 bridgehead atoms. The number of carbonyl (C=O) groups excluding carboxylic acids is 2. The molecule has 1 heterocycles. The number of anilines is 2. The Balaban J connectivity index is 2.01. The number of urea groups is 1. The number of nitrogens with one attached hydrogen (secondary N) is 3. The monoisotopic (exact) mass is 357 g/mol. The standard InChI is InChI=1S/C19H27N5O2/c1-6-13(4)24-14(5)11-17(23-24)22-18(25)15-7-9-16(10-8-15)21-19(26)20-12(2)3/h7-13H,6H2,1-5H3,(H2,20,21,26)(H,22,23,25)/t13-/m1/s1. The number of benzene rings is 1. The molecular formula is C19H27N5O2. The van der Waals surface area contributed by atoms with Gasteiger partial charge in [0.1, 0.15) is 0 Å². The van der Waals surface area contributed by atoms with Crippen LogP contribution in [0.3, 0.4) is 0 Å². The molecule has 0 aliphatic heterocycles. The predicted octanol–water partition coefficient (Wildman–Crippen LogP) is 3.94. The molecule has 2 aromatic rings. The van der Waals surface area contributed by atoms with E-state index < -0.39 is 0 Å². The largest absolute Gasteiger partial charge is 0.336 e. The average Bonchev–Trinajstić information content (AvgIpc) is 2.94. The van der Waals surface area contributed by atoms with Crippen LogP contribution in [0.2, 0.25) is 0 Å². The highest BCUT2D eigenvalue weighted by Gasteiger charge is 2.13. The molecule has 0 saturated heterocycles. The number of carbonyl (C=O) groups is 2. The summed E-state index contributed by atoms with van der Waals surface area (Å²) in [5.41, 5.74) is 2.12. The van der Waals surface area contributed by atoms with Gasteiger partial charge in [0.15, 0.2) is 5.82 Å². The van der Waals surface area contributed by atoms with Gasteiger partial charge in [-0.2, -0.15) is 5.10 Å². The minimum Gasteiger partial charge on any atom is -0.336 e. The Morgan fingerprint density at radius 3 is 2.35 bits per heavy atom. The molecule has 1 aromatic heterocycles. The van der Waals surface area contributed by atoms with Crippen LogP contribution in [-0.4, -0.2) is 27.8 Å². The number of hydrogen-bond donors (Lipinski definition) is 3.